The third-order valence-corrected chi connectivity index (χ3v) is 2.72. The molecule has 1 heterocycles. The second kappa shape index (κ2) is 4.64. The first-order valence-electron chi connectivity index (χ1n) is 6.06. The fourth-order valence-electron chi connectivity index (χ4n) is 1.94. The molecule has 102 valence electrons. The Hall–Kier alpha value is -1.91. The number of carbonyl (C=O) groups excluding carboxylic acids is 2. The molecule has 0 aliphatic carbocycles. The van der Waals surface area contributed by atoms with Gasteiger partial charge in [0, 0.05) is 5.56 Å². The lowest BCUT2D eigenvalue weighted by Gasteiger charge is -2.30. The van der Waals surface area contributed by atoms with Gasteiger partial charge < -0.3 is 4.74 Å². The maximum atomic E-state index is 13.2. The van der Waals surface area contributed by atoms with Crippen LogP contribution >= 0.6 is 0 Å². The summed E-state index contributed by atoms with van der Waals surface area (Å²) in [6, 6.07) is 3.99. The minimum absolute atomic E-state index is 0.0342. The second-order valence-electron chi connectivity index (χ2n) is 5.56. The molecule has 4 nitrogen and oxygen atoms in total. The van der Waals surface area contributed by atoms with Crippen molar-refractivity contribution in [3.63, 3.8) is 0 Å². The van der Waals surface area contributed by atoms with Crippen LogP contribution in [-0.2, 0) is 11.3 Å². The predicted octanol–water partition coefficient (Wildman–Crippen LogP) is 2.76. The van der Waals surface area contributed by atoms with Gasteiger partial charge in [-0.1, -0.05) is 0 Å². The zero-order valence-corrected chi connectivity index (χ0v) is 11.2. The Bertz CT molecular complexity index is 534. The lowest BCUT2D eigenvalue weighted by atomic mass is 9.99. The van der Waals surface area contributed by atoms with Gasteiger partial charge in [0.1, 0.15) is 11.4 Å². The first-order valence-corrected chi connectivity index (χ1v) is 6.06. The van der Waals surface area contributed by atoms with Crippen LogP contribution < -0.4 is 0 Å². The molecule has 2 rings (SSSR count). The summed E-state index contributed by atoms with van der Waals surface area (Å²) < 4.78 is 18.4. The molecule has 0 bridgehead atoms. The van der Waals surface area contributed by atoms with Gasteiger partial charge in [-0.3, -0.25) is 9.69 Å². The van der Waals surface area contributed by atoms with Crippen LogP contribution in [-0.4, -0.2) is 28.9 Å². The van der Waals surface area contributed by atoms with Gasteiger partial charge in [-0.05, 0) is 44.5 Å². The molecular weight excluding hydrogens is 249 g/mol. The molecular formula is C14H16FNO3. The molecule has 0 spiro atoms. The number of carbonyl (C=O) groups is 2. The van der Waals surface area contributed by atoms with Gasteiger partial charge >= 0.3 is 6.09 Å². The van der Waals surface area contributed by atoms with Gasteiger partial charge in [-0.15, -0.1) is 0 Å². The second-order valence-corrected chi connectivity index (χ2v) is 5.56. The third kappa shape index (κ3) is 3.10. The topological polar surface area (TPSA) is 46.6 Å². The third-order valence-electron chi connectivity index (χ3n) is 2.72. The Balaban J connectivity index is 2.21. The number of rotatable bonds is 0. The van der Waals surface area contributed by atoms with Gasteiger partial charge in [-0.25, -0.2) is 9.18 Å². The Morgan fingerprint density at radius 1 is 1.32 bits per heavy atom. The van der Waals surface area contributed by atoms with Crippen LogP contribution in [0.1, 0.15) is 36.7 Å². The van der Waals surface area contributed by atoms with Crippen molar-refractivity contribution in [1.29, 1.82) is 0 Å². The summed E-state index contributed by atoms with van der Waals surface area (Å²) in [5, 5.41) is 0. The van der Waals surface area contributed by atoms with Gasteiger partial charge in [0.2, 0.25) is 0 Å². The maximum absolute atomic E-state index is 13.2. The van der Waals surface area contributed by atoms with Crippen molar-refractivity contribution in [3.05, 3.63) is 35.1 Å². The zero-order chi connectivity index (χ0) is 14.2. The number of ether oxygens (including phenoxy) is 1. The Kier molecular flexibility index (Phi) is 3.30. The number of fused-ring (bicyclic) bond motifs is 1. The number of nitrogens with zero attached hydrogens (tertiary/aromatic N) is 1. The zero-order valence-electron chi connectivity index (χ0n) is 11.2. The van der Waals surface area contributed by atoms with Crippen molar-refractivity contribution in [3.8, 4) is 0 Å². The highest BCUT2D eigenvalue weighted by atomic mass is 19.1. The highest BCUT2D eigenvalue weighted by molar-refractivity contribution is 6.01. The first kappa shape index (κ1) is 13.5. The fraction of sp³-hybridized carbons (Fsp3) is 0.429. The number of hydrogen-bond acceptors (Lipinski definition) is 3. The van der Waals surface area contributed by atoms with E-state index in [1.807, 2.05) is 0 Å². The summed E-state index contributed by atoms with van der Waals surface area (Å²) in [6.07, 6.45) is -0.559. The average Bonchev–Trinajstić information content (AvgIpc) is 2.25. The van der Waals surface area contributed by atoms with Crippen molar-refractivity contribution in [2.45, 2.75) is 32.9 Å². The van der Waals surface area contributed by atoms with Crippen LogP contribution in [0.3, 0.4) is 0 Å². The van der Waals surface area contributed by atoms with Crippen LogP contribution in [0, 0.1) is 5.82 Å². The summed E-state index contributed by atoms with van der Waals surface area (Å²) >= 11 is 0. The van der Waals surface area contributed by atoms with E-state index >= 15 is 0 Å². The van der Waals surface area contributed by atoms with Crippen LogP contribution in [0.5, 0.6) is 0 Å². The molecule has 1 aliphatic heterocycles. The van der Waals surface area contributed by atoms with Crippen molar-refractivity contribution in [1.82, 2.24) is 4.90 Å². The van der Waals surface area contributed by atoms with Gasteiger partial charge in [0.05, 0.1) is 13.1 Å². The Morgan fingerprint density at radius 3 is 2.63 bits per heavy atom. The van der Waals surface area contributed by atoms with E-state index in [4.69, 9.17) is 4.74 Å². The molecule has 0 N–H and O–H groups in total. The van der Waals surface area contributed by atoms with Crippen LogP contribution in [0.15, 0.2) is 18.2 Å². The normalized spacial score (nSPS) is 15.2. The molecule has 0 saturated heterocycles. The predicted molar refractivity (Wildman–Crippen MR) is 67.4 cm³/mol. The molecule has 0 radical (unpaired) electrons. The van der Waals surface area contributed by atoms with Crippen LogP contribution in [0.25, 0.3) is 0 Å². The molecule has 1 aromatic carbocycles. The Morgan fingerprint density at radius 2 is 2.00 bits per heavy atom. The number of amides is 1. The van der Waals surface area contributed by atoms with E-state index in [9.17, 15) is 14.0 Å². The molecule has 0 fully saturated rings. The number of hydrogen-bond donors (Lipinski definition) is 0. The highest BCUT2D eigenvalue weighted by Crippen LogP contribution is 2.21. The molecule has 1 aromatic rings. The quantitative estimate of drug-likeness (QED) is 0.724. The summed E-state index contributed by atoms with van der Waals surface area (Å²) in [6.45, 7) is 5.42. The summed E-state index contributed by atoms with van der Waals surface area (Å²) in [7, 11) is 0. The standard InChI is InChI=1S/C14H16FNO3/c1-14(2,3)19-13(18)16-7-9-6-10(15)4-5-11(9)12(17)8-16/h4-6H,7-8H2,1-3H3. The van der Waals surface area contributed by atoms with E-state index in [1.54, 1.807) is 20.8 Å². The summed E-state index contributed by atoms with van der Waals surface area (Å²) in [4.78, 5) is 25.1. The number of benzene rings is 1. The van der Waals surface area contributed by atoms with Gasteiger partial charge in [-0.2, -0.15) is 0 Å². The summed E-state index contributed by atoms with van der Waals surface area (Å²) in [5.74, 6) is -0.621. The maximum Gasteiger partial charge on any atom is 0.411 e. The van der Waals surface area contributed by atoms with Crippen LogP contribution in [0.4, 0.5) is 9.18 Å². The van der Waals surface area contributed by atoms with Crippen molar-refractivity contribution in [2.24, 2.45) is 0 Å². The molecule has 0 saturated carbocycles. The Labute approximate surface area is 111 Å². The van der Waals surface area contributed by atoms with E-state index in [0.717, 1.165) is 0 Å². The smallest absolute Gasteiger partial charge is 0.411 e. The van der Waals surface area contributed by atoms with Gasteiger partial charge in [0.15, 0.2) is 5.78 Å². The minimum Gasteiger partial charge on any atom is -0.444 e. The number of Topliss-reactive ketones (excluding diaryl/α,β-unsaturated/α-hetero) is 1. The molecule has 5 heteroatoms. The molecule has 19 heavy (non-hydrogen) atoms. The average molecular weight is 265 g/mol. The molecule has 1 aliphatic rings. The van der Waals surface area contributed by atoms with E-state index < -0.39 is 17.5 Å². The van der Waals surface area contributed by atoms with Crippen molar-refractivity contribution in [2.75, 3.05) is 6.54 Å². The number of ketones is 1. The fourth-order valence-corrected chi connectivity index (χ4v) is 1.94. The van der Waals surface area contributed by atoms with Crippen LogP contribution in [0.2, 0.25) is 0 Å². The molecule has 0 atom stereocenters. The first-order chi connectivity index (χ1) is 8.76. The van der Waals surface area contributed by atoms with Gasteiger partial charge in [0.25, 0.3) is 0 Å². The highest BCUT2D eigenvalue weighted by Gasteiger charge is 2.29. The van der Waals surface area contributed by atoms with Crippen molar-refractivity contribution < 1.29 is 18.7 Å². The number of halogens is 1. The SMILES string of the molecule is CC(C)(C)OC(=O)N1CC(=O)c2ccc(F)cc2C1. The molecule has 0 aromatic heterocycles. The largest absolute Gasteiger partial charge is 0.444 e. The monoisotopic (exact) mass is 265 g/mol. The lowest BCUT2D eigenvalue weighted by molar-refractivity contribution is 0.0220. The molecule has 0 unspecified atom stereocenters. The lowest BCUT2D eigenvalue weighted by Crippen LogP contribution is -2.42. The van der Waals surface area contributed by atoms with E-state index in [-0.39, 0.29) is 18.9 Å². The summed E-state index contributed by atoms with van der Waals surface area (Å²) in [5.41, 5.74) is 0.367. The minimum atomic E-state index is -0.623. The van der Waals surface area contributed by atoms with E-state index in [0.29, 0.717) is 11.1 Å². The molecule has 1 amide bonds. The van der Waals surface area contributed by atoms with E-state index in [2.05, 4.69) is 0 Å². The van der Waals surface area contributed by atoms with E-state index in [1.165, 1.54) is 23.1 Å². The van der Waals surface area contributed by atoms with Crippen molar-refractivity contribution >= 4 is 11.9 Å².